The maximum absolute atomic E-state index is 5.59. The van der Waals surface area contributed by atoms with Crippen molar-refractivity contribution in [2.75, 3.05) is 6.61 Å². The van der Waals surface area contributed by atoms with Crippen molar-refractivity contribution in [3.05, 3.63) is 0 Å². The Balaban J connectivity index is 2.18. The van der Waals surface area contributed by atoms with E-state index in [1.165, 1.54) is 25.7 Å². The smallest absolute Gasteiger partial charge is 0.0577 e. The summed E-state index contributed by atoms with van der Waals surface area (Å²) in [4.78, 5) is 0. The molecule has 1 aliphatic heterocycles. The van der Waals surface area contributed by atoms with Crippen molar-refractivity contribution in [2.45, 2.75) is 45.6 Å². The molecule has 1 rings (SSSR count). The Labute approximate surface area is 63.8 Å². The predicted molar refractivity (Wildman–Crippen MR) is 43.0 cm³/mol. The summed E-state index contributed by atoms with van der Waals surface area (Å²) in [5.74, 6) is 0.894. The minimum Gasteiger partial charge on any atom is -0.378 e. The monoisotopic (exact) mass is 142 g/mol. The van der Waals surface area contributed by atoms with E-state index in [0.717, 1.165) is 12.5 Å². The molecule has 0 saturated carbocycles. The third-order valence-electron chi connectivity index (χ3n) is 2.24. The maximum Gasteiger partial charge on any atom is 0.0577 e. The van der Waals surface area contributed by atoms with E-state index in [2.05, 4.69) is 13.8 Å². The summed E-state index contributed by atoms with van der Waals surface area (Å²) in [5, 5.41) is 0. The average molecular weight is 142 g/mol. The van der Waals surface area contributed by atoms with Crippen LogP contribution in [0.5, 0.6) is 0 Å². The Kier molecular flexibility index (Phi) is 3.20. The van der Waals surface area contributed by atoms with E-state index in [0.29, 0.717) is 6.10 Å². The zero-order chi connectivity index (χ0) is 7.40. The van der Waals surface area contributed by atoms with Gasteiger partial charge in [-0.3, -0.25) is 0 Å². The van der Waals surface area contributed by atoms with Gasteiger partial charge in [0.2, 0.25) is 0 Å². The molecule has 0 radical (unpaired) electrons. The van der Waals surface area contributed by atoms with Gasteiger partial charge in [-0.1, -0.05) is 20.3 Å². The fourth-order valence-corrected chi connectivity index (χ4v) is 1.59. The largest absolute Gasteiger partial charge is 0.378 e. The fraction of sp³-hybridized carbons (Fsp3) is 1.00. The minimum atomic E-state index is 0.578. The van der Waals surface area contributed by atoms with Gasteiger partial charge >= 0.3 is 0 Å². The van der Waals surface area contributed by atoms with Crippen molar-refractivity contribution in [3.8, 4) is 0 Å². The Morgan fingerprint density at radius 3 is 2.90 bits per heavy atom. The van der Waals surface area contributed by atoms with Gasteiger partial charge in [0.15, 0.2) is 0 Å². The molecule has 0 aliphatic carbocycles. The van der Waals surface area contributed by atoms with Gasteiger partial charge in [0.25, 0.3) is 0 Å². The summed E-state index contributed by atoms with van der Waals surface area (Å²) < 4.78 is 5.59. The van der Waals surface area contributed by atoms with Crippen LogP contribution in [0.1, 0.15) is 39.5 Å². The van der Waals surface area contributed by atoms with Crippen molar-refractivity contribution in [2.24, 2.45) is 5.92 Å². The predicted octanol–water partition coefficient (Wildman–Crippen LogP) is 2.60. The molecular formula is C9H18O. The lowest BCUT2D eigenvalue weighted by Gasteiger charge is -2.26. The lowest BCUT2D eigenvalue weighted by atomic mass is 9.95. The Morgan fingerprint density at radius 1 is 1.50 bits per heavy atom. The summed E-state index contributed by atoms with van der Waals surface area (Å²) in [6.07, 6.45) is 5.64. The highest BCUT2D eigenvalue weighted by atomic mass is 16.5. The van der Waals surface area contributed by atoms with Crippen LogP contribution in [0, 0.1) is 5.92 Å². The van der Waals surface area contributed by atoms with Crippen molar-refractivity contribution in [1.82, 2.24) is 0 Å². The Morgan fingerprint density at radius 2 is 2.30 bits per heavy atom. The lowest BCUT2D eigenvalue weighted by molar-refractivity contribution is -0.00950. The van der Waals surface area contributed by atoms with Crippen molar-refractivity contribution >= 4 is 0 Å². The molecule has 60 valence electrons. The van der Waals surface area contributed by atoms with E-state index in [9.17, 15) is 0 Å². The highest BCUT2D eigenvalue weighted by Crippen LogP contribution is 2.21. The molecule has 0 N–H and O–H groups in total. The van der Waals surface area contributed by atoms with Crippen molar-refractivity contribution < 1.29 is 4.74 Å². The molecular weight excluding hydrogens is 124 g/mol. The molecule has 1 heteroatoms. The second kappa shape index (κ2) is 3.97. The van der Waals surface area contributed by atoms with E-state index in [1.54, 1.807) is 0 Å². The van der Waals surface area contributed by atoms with Crippen LogP contribution in [0.4, 0.5) is 0 Å². The first-order valence-corrected chi connectivity index (χ1v) is 4.44. The van der Waals surface area contributed by atoms with Gasteiger partial charge in [0.1, 0.15) is 0 Å². The molecule has 0 unspecified atom stereocenters. The van der Waals surface area contributed by atoms with E-state index >= 15 is 0 Å². The summed E-state index contributed by atoms with van der Waals surface area (Å²) in [6, 6.07) is 0. The summed E-state index contributed by atoms with van der Waals surface area (Å²) >= 11 is 0. The van der Waals surface area contributed by atoms with Crippen molar-refractivity contribution in [1.29, 1.82) is 0 Å². The molecule has 2 atom stereocenters. The molecule has 1 aliphatic rings. The van der Waals surface area contributed by atoms with Gasteiger partial charge in [-0.15, -0.1) is 0 Å². The molecule has 0 amide bonds. The number of rotatable bonds is 2. The van der Waals surface area contributed by atoms with Gasteiger partial charge in [0.05, 0.1) is 6.10 Å². The lowest BCUT2D eigenvalue weighted by Crippen LogP contribution is -2.23. The third kappa shape index (κ3) is 2.30. The van der Waals surface area contributed by atoms with Crippen LogP contribution in [0.15, 0.2) is 0 Å². The molecule has 1 fully saturated rings. The van der Waals surface area contributed by atoms with Crippen LogP contribution < -0.4 is 0 Å². The highest BCUT2D eigenvalue weighted by molar-refractivity contribution is 4.67. The van der Waals surface area contributed by atoms with E-state index in [1.807, 2.05) is 0 Å². The molecule has 10 heavy (non-hydrogen) atoms. The Bertz CT molecular complexity index is 88.7. The standard InChI is InChI=1S/C9H18O/c1-3-4-9-7-8(2)5-6-10-9/h8-9H,3-7H2,1-2H3/t8-,9+/m0/s1. The molecule has 0 bridgehead atoms. The van der Waals surface area contributed by atoms with E-state index < -0.39 is 0 Å². The number of ether oxygens (including phenoxy) is 1. The van der Waals surface area contributed by atoms with Crippen LogP contribution >= 0.6 is 0 Å². The highest BCUT2D eigenvalue weighted by Gasteiger charge is 2.17. The van der Waals surface area contributed by atoms with Gasteiger partial charge in [-0.2, -0.15) is 0 Å². The van der Waals surface area contributed by atoms with Crippen molar-refractivity contribution in [3.63, 3.8) is 0 Å². The van der Waals surface area contributed by atoms with Crippen LogP contribution in [0.25, 0.3) is 0 Å². The normalized spacial score (nSPS) is 34.2. The van der Waals surface area contributed by atoms with E-state index in [4.69, 9.17) is 4.74 Å². The maximum atomic E-state index is 5.59. The van der Waals surface area contributed by atoms with Crippen LogP contribution in [-0.2, 0) is 4.74 Å². The molecule has 0 aromatic rings. The van der Waals surface area contributed by atoms with Gasteiger partial charge in [-0.05, 0) is 25.2 Å². The molecule has 1 heterocycles. The van der Waals surface area contributed by atoms with Gasteiger partial charge in [-0.25, -0.2) is 0 Å². The molecule has 0 aromatic heterocycles. The molecule has 1 nitrogen and oxygen atoms in total. The van der Waals surface area contributed by atoms with Gasteiger partial charge in [0, 0.05) is 6.61 Å². The van der Waals surface area contributed by atoms with Crippen LogP contribution in [0.3, 0.4) is 0 Å². The fourth-order valence-electron chi connectivity index (χ4n) is 1.59. The number of hydrogen-bond acceptors (Lipinski definition) is 1. The van der Waals surface area contributed by atoms with Crippen LogP contribution in [0.2, 0.25) is 0 Å². The molecule has 1 saturated heterocycles. The second-order valence-electron chi connectivity index (χ2n) is 3.41. The first-order chi connectivity index (χ1) is 4.83. The minimum absolute atomic E-state index is 0.578. The first-order valence-electron chi connectivity index (χ1n) is 4.44. The SMILES string of the molecule is CCC[C@@H]1C[C@@H](C)CCO1. The number of hydrogen-bond donors (Lipinski definition) is 0. The third-order valence-corrected chi connectivity index (χ3v) is 2.24. The Hall–Kier alpha value is -0.0400. The van der Waals surface area contributed by atoms with Crippen LogP contribution in [-0.4, -0.2) is 12.7 Å². The topological polar surface area (TPSA) is 9.23 Å². The quantitative estimate of drug-likeness (QED) is 0.576. The summed E-state index contributed by atoms with van der Waals surface area (Å²) in [7, 11) is 0. The average Bonchev–Trinajstić information content (AvgIpc) is 1.88. The first kappa shape index (κ1) is 8.06. The molecule has 0 aromatic carbocycles. The summed E-state index contributed by atoms with van der Waals surface area (Å²) in [5.41, 5.74) is 0. The second-order valence-corrected chi connectivity index (χ2v) is 3.41. The molecule has 0 spiro atoms. The van der Waals surface area contributed by atoms with Gasteiger partial charge < -0.3 is 4.74 Å². The zero-order valence-corrected chi connectivity index (χ0v) is 7.10. The zero-order valence-electron chi connectivity index (χ0n) is 7.10. The van der Waals surface area contributed by atoms with E-state index in [-0.39, 0.29) is 0 Å². The summed E-state index contributed by atoms with van der Waals surface area (Å²) in [6.45, 7) is 5.54.